The summed E-state index contributed by atoms with van der Waals surface area (Å²) in [5, 5.41) is 6.18. The molecule has 0 fully saturated rings. The highest BCUT2D eigenvalue weighted by atomic mass is 16.5. The maximum Gasteiger partial charge on any atom is 0.338 e. The van der Waals surface area contributed by atoms with Gasteiger partial charge in [0.05, 0.1) is 17.9 Å². The lowest BCUT2D eigenvalue weighted by Crippen LogP contribution is -2.41. The van der Waals surface area contributed by atoms with Crippen molar-refractivity contribution in [3.8, 4) is 0 Å². The highest BCUT2D eigenvalue weighted by Crippen LogP contribution is 2.25. The standard InChI is InChI=1S/C19H22N4O3/c1-3-26-19(25)14-4-6-15(7-5-14)21-18(24)13-23-10-8-17-16(12-23)20-9-11-22(17)2/h4-8,10,12,20H,3,9,11,13H2,1-2H3/p+1. The van der Waals surface area contributed by atoms with Gasteiger partial charge in [-0.15, -0.1) is 0 Å². The van der Waals surface area contributed by atoms with Crippen molar-refractivity contribution in [2.24, 2.45) is 0 Å². The van der Waals surface area contributed by atoms with Crippen LogP contribution >= 0.6 is 0 Å². The monoisotopic (exact) mass is 355 g/mol. The van der Waals surface area contributed by atoms with E-state index >= 15 is 0 Å². The summed E-state index contributed by atoms with van der Waals surface area (Å²) >= 11 is 0. The predicted octanol–water partition coefficient (Wildman–Crippen LogP) is 1.65. The molecule has 0 bridgehead atoms. The zero-order valence-corrected chi connectivity index (χ0v) is 15.0. The normalized spacial score (nSPS) is 12.8. The molecule has 0 spiro atoms. The smallest absolute Gasteiger partial charge is 0.338 e. The van der Waals surface area contributed by atoms with E-state index in [1.54, 1.807) is 31.2 Å². The van der Waals surface area contributed by atoms with Crippen LogP contribution in [0.3, 0.4) is 0 Å². The van der Waals surface area contributed by atoms with Crippen LogP contribution in [0.1, 0.15) is 17.3 Å². The second-order valence-corrected chi connectivity index (χ2v) is 6.11. The number of anilines is 3. The Morgan fingerprint density at radius 1 is 1.27 bits per heavy atom. The number of hydrogen-bond acceptors (Lipinski definition) is 5. The van der Waals surface area contributed by atoms with Crippen LogP contribution in [0.25, 0.3) is 0 Å². The largest absolute Gasteiger partial charge is 0.462 e. The summed E-state index contributed by atoms with van der Waals surface area (Å²) in [5.74, 6) is -0.504. The molecule has 2 N–H and O–H groups in total. The fraction of sp³-hybridized carbons (Fsp3) is 0.316. The van der Waals surface area contributed by atoms with Gasteiger partial charge in [-0.1, -0.05) is 0 Å². The summed E-state index contributed by atoms with van der Waals surface area (Å²) in [6.07, 6.45) is 3.83. The van der Waals surface area contributed by atoms with Gasteiger partial charge in [-0.05, 0) is 31.2 Å². The number of carbonyl (C=O) groups is 2. The van der Waals surface area contributed by atoms with Gasteiger partial charge in [-0.2, -0.15) is 4.57 Å². The van der Waals surface area contributed by atoms with Crippen LogP contribution in [0.15, 0.2) is 42.7 Å². The lowest BCUT2D eigenvalue weighted by Gasteiger charge is -2.27. The molecule has 0 atom stereocenters. The first-order valence-corrected chi connectivity index (χ1v) is 8.62. The van der Waals surface area contributed by atoms with Gasteiger partial charge in [0.1, 0.15) is 5.69 Å². The quantitative estimate of drug-likeness (QED) is 0.630. The molecular formula is C19H23N4O3+. The lowest BCUT2D eigenvalue weighted by atomic mass is 10.2. The van der Waals surface area contributed by atoms with E-state index in [4.69, 9.17) is 4.74 Å². The summed E-state index contributed by atoms with van der Waals surface area (Å²) < 4.78 is 6.78. The molecule has 0 saturated heterocycles. The Balaban J connectivity index is 1.61. The Morgan fingerprint density at radius 2 is 2.04 bits per heavy atom. The zero-order valence-electron chi connectivity index (χ0n) is 15.0. The summed E-state index contributed by atoms with van der Waals surface area (Å²) in [6, 6.07) is 8.66. The van der Waals surface area contributed by atoms with Crippen LogP contribution in [0, 0.1) is 0 Å². The molecule has 1 aliphatic rings. The van der Waals surface area contributed by atoms with Gasteiger partial charge in [0.15, 0.2) is 12.4 Å². The van der Waals surface area contributed by atoms with Gasteiger partial charge in [0, 0.05) is 31.9 Å². The van der Waals surface area contributed by atoms with E-state index in [1.807, 2.05) is 23.0 Å². The van der Waals surface area contributed by atoms with Gasteiger partial charge in [0.25, 0.3) is 5.91 Å². The number of benzene rings is 1. The van der Waals surface area contributed by atoms with Gasteiger partial charge in [-0.25, -0.2) is 4.79 Å². The van der Waals surface area contributed by atoms with Crippen molar-refractivity contribution >= 4 is 28.9 Å². The molecule has 0 unspecified atom stereocenters. The number of aromatic nitrogens is 1. The number of esters is 1. The number of fused-ring (bicyclic) bond motifs is 1. The van der Waals surface area contributed by atoms with Crippen LogP contribution in [0.2, 0.25) is 0 Å². The molecule has 1 aromatic carbocycles. The number of ether oxygens (including phenoxy) is 1. The number of rotatable bonds is 5. The first kappa shape index (κ1) is 17.7. The van der Waals surface area contributed by atoms with E-state index in [9.17, 15) is 9.59 Å². The molecule has 7 heteroatoms. The van der Waals surface area contributed by atoms with E-state index in [0.29, 0.717) is 17.9 Å². The second-order valence-electron chi connectivity index (χ2n) is 6.11. The van der Waals surface area contributed by atoms with Crippen molar-refractivity contribution in [1.82, 2.24) is 0 Å². The molecular weight excluding hydrogens is 332 g/mol. The molecule has 1 aliphatic heterocycles. The van der Waals surface area contributed by atoms with E-state index < -0.39 is 0 Å². The average Bonchev–Trinajstić information content (AvgIpc) is 2.62. The van der Waals surface area contributed by atoms with Crippen molar-refractivity contribution in [1.29, 1.82) is 0 Å². The minimum absolute atomic E-state index is 0.136. The Kier molecular flexibility index (Phi) is 5.36. The van der Waals surface area contributed by atoms with Gasteiger partial charge in [-0.3, -0.25) is 4.79 Å². The Morgan fingerprint density at radius 3 is 2.77 bits per heavy atom. The molecule has 2 aromatic rings. The maximum absolute atomic E-state index is 12.3. The van der Waals surface area contributed by atoms with Crippen LogP contribution in [-0.2, 0) is 16.1 Å². The fourth-order valence-electron chi connectivity index (χ4n) is 2.85. The zero-order chi connectivity index (χ0) is 18.5. The number of carbonyl (C=O) groups excluding carboxylic acids is 2. The molecule has 1 amide bonds. The highest BCUT2D eigenvalue weighted by molar-refractivity contribution is 5.92. The Labute approximate surface area is 152 Å². The molecule has 26 heavy (non-hydrogen) atoms. The number of amides is 1. The third kappa shape index (κ3) is 4.11. The topological polar surface area (TPSA) is 74.5 Å². The van der Waals surface area contributed by atoms with E-state index in [-0.39, 0.29) is 18.4 Å². The maximum atomic E-state index is 12.3. The highest BCUT2D eigenvalue weighted by Gasteiger charge is 2.18. The number of nitrogens with one attached hydrogen (secondary N) is 2. The third-order valence-electron chi connectivity index (χ3n) is 4.17. The average molecular weight is 355 g/mol. The van der Waals surface area contributed by atoms with Crippen LogP contribution in [0.5, 0.6) is 0 Å². The SMILES string of the molecule is CCOC(=O)c1ccc(NC(=O)C[n+]2ccc3c(c2)NCCN3C)cc1. The van der Waals surface area contributed by atoms with Crippen molar-refractivity contribution in [2.75, 3.05) is 42.3 Å². The summed E-state index contributed by atoms with van der Waals surface area (Å²) in [5.41, 5.74) is 3.25. The summed E-state index contributed by atoms with van der Waals surface area (Å²) in [6.45, 7) is 4.14. The van der Waals surface area contributed by atoms with Gasteiger partial charge in [0.2, 0.25) is 6.54 Å². The summed E-state index contributed by atoms with van der Waals surface area (Å²) in [4.78, 5) is 26.1. The first-order valence-electron chi connectivity index (χ1n) is 8.62. The molecule has 0 saturated carbocycles. The predicted molar refractivity (Wildman–Crippen MR) is 99.4 cm³/mol. The molecule has 1 aromatic heterocycles. The molecule has 2 heterocycles. The number of nitrogens with zero attached hydrogens (tertiary/aromatic N) is 2. The minimum Gasteiger partial charge on any atom is -0.462 e. The van der Waals surface area contributed by atoms with E-state index in [2.05, 4.69) is 22.6 Å². The van der Waals surface area contributed by atoms with Crippen molar-refractivity contribution in [2.45, 2.75) is 13.5 Å². The lowest BCUT2D eigenvalue weighted by molar-refractivity contribution is -0.683. The van der Waals surface area contributed by atoms with Crippen molar-refractivity contribution in [3.63, 3.8) is 0 Å². The van der Waals surface area contributed by atoms with Crippen molar-refractivity contribution in [3.05, 3.63) is 48.3 Å². The van der Waals surface area contributed by atoms with Crippen LogP contribution in [-0.4, -0.2) is 38.6 Å². The molecule has 7 nitrogen and oxygen atoms in total. The fourth-order valence-corrected chi connectivity index (χ4v) is 2.85. The molecule has 136 valence electrons. The molecule has 0 aliphatic carbocycles. The van der Waals surface area contributed by atoms with Crippen LogP contribution < -0.4 is 20.1 Å². The Hall–Kier alpha value is -3.09. The number of hydrogen-bond donors (Lipinski definition) is 2. The van der Waals surface area contributed by atoms with Crippen LogP contribution in [0.4, 0.5) is 17.1 Å². The van der Waals surface area contributed by atoms with Gasteiger partial charge < -0.3 is 20.3 Å². The third-order valence-corrected chi connectivity index (χ3v) is 4.17. The number of likely N-dealkylation sites (N-methyl/N-ethyl adjacent to an activating group) is 1. The van der Waals surface area contributed by atoms with Crippen molar-refractivity contribution < 1.29 is 18.9 Å². The first-order chi connectivity index (χ1) is 12.6. The Bertz CT molecular complexity index is 805. The number of pyridine rings is 1. The van der Waals surface area contributed by atoms with E-state index in [1.165, 1.54) is 0 Å². The van der Waals surface area contributed by atoms with Gasteiger partial charge >= 0.3 is 5.97 Å². The molecule has 3 rings (SSSR count). The molecule has 0 radical (unpaired) electrons. The minimum atomic E-state index is -0.368. The summed E-state index contributed by atoms with van der Waals surface area (Å²) in [7, 11) is 2.05. The van der Waals surface area contributed by atoms with E-state index in [0.717, 1.165) is 24.5 Å². The second kappa shape index (κ2) is 7.86.